The molecule has 0 fully saturated rings. The number of amides is 1. The highest BCUT2D eigenvalue weighted by Crippen LogP contribution is 2.07. The molecule has 1 amide bonds. The Hall–Kier alpha value is -0.830. The van der Waals surface area contributed by atoms with Gasteiger partial charge in [-0.1, -0.05) is 39.7 Å². The van der Waals surface area contributed by atoms with Crippen molar-refractivity contribution in [1.82, 2.24) is 5.32 Å². The first-order valence-electron chi connectivity index (χ1n) is 5.64. The third kappa shape index (κ3) is 11.1. The van der Waals surface area contributed by atoms with Crippen molar-refractivity contribution in [2.45, 2.75) is 39.5 Å². The zero-order chi connectivity index (χ0) is 11.5. The van der Waals surface area contributed by atoms with Crippen LogP contribution in [0.3, 0.4) is 0 Å². The summed E-state index contributed by atoms with van der Waals surface area (Å²) < 4.78 is 5.23. The Kier molecular flexibility index (Phi) is 9.18. The average molecular weight is 213 g/mol. The van der Waals surface area contributed by atoms with E-state index in [9.17, 15) is 4.79 Å². The van der Waals surface area contributed by atoms with Gasteiger partial charge in [0, 0.05) is 6.61 Å². The molecule has 0 rings (SSSR count). The monoisotopic (exact) mass is 213 g/mol. The Balaban J connectivity index is 3.05. The molecule has 0 atom stereocenters. The lowest BCUT2D eigenvalue weighted by molar-refractivity contribution is -0.118. The third-order valence-corrected chi connectivity index (χ3v) is 2.10. The number of rotatable bonds is 9. The lowest BCUT2D eigenvalue weighted by Gasteiger charge is -2.05. The topological polar surface area (TPSA) is 38.3 Å². The van der Waals surface area contributed by atoms with Gasteiger partial charge in [-0.3, -0.25) is 4.79 Å². The van der Waals surface area contributed by atoms with E-state index < -0.39 is 0 Å². The zero-order valence-electron chi connectivity index (χ0n) is 9.92. The van der Waals surface area contributed by atoms with Crippen LogP contribution in [-0.4, -0.2) is 19.2 Å². The van der Waals surface area contributed by atoms with E-state index >= 15 is 0 Å². The largest absolute Gasteiger partial charge is 0.361 e. The van der Waals surface area contributed by atoms with Crippen LogP contribution in [-0.2, 0) is 9.53 Å². The quantitative estimate of drug-likeness (QED) is 0.363. The summed E-state index contributed by atoms with van der Waals surface area (Å²) in [7, 11) is 0. The molecule has 0 spiro atoms. The Morgan fingerprint density at radius 1 is 1.40 bits per heavy atom. The van der Waals surface area contributed by atoms with Crippen molar-refractivity contribution in [2.75, 3.05) is 13.3 Å². The molecule has 0 aliphatic heterocycles. The molecule has 0 aromatic heterocycles. The van der Waals surface area contributed by atoms with Crippen molar-refractivity contribution in [2.24, 2.45) is 5.92 Å². The highest BCUT2D eigenvalue weighted by molar-refractivity contribution is 5.86. The van der Waals surface area contributed by atoms with Gasteiger partial charge in [0.2, 0.25) is 5.91 Å². The molecular formula is C12H23NO2. The number of unbranched alkanes of at least 4 members (excludes halogenated alkanes) is 2. The molecule has 0 heterocycles. The molecule has 0 aromatic carbocycles. The molecule has 15 heavy (non-hydrogen) atoms. The summed E-state index contributed by atoms with van der Waals surface area (Å²) >= 11 is 0. The minimum atomic E-state index is -0.185. The highest BCUT2D eigenvalue weighted by atomic mass is 16.5. The smallest absolute Gasteiger partial charge is 0.245 e. The minimum Gasteiger partial charge on any atom is -0.361 e. The molecule has 0 aromatic rings. The van der Waals surface area contributed by atoms with Gasteiger partial charge in [0.1, 0.15) is 6.73 Å². The average Bonchev–Trinajstić information content (AvgIpc) is 2.21. The fourth-order valence-corrected chi connectivity index (χ4v) is 1.20. The van der Waals surface area contributed by atoms with E-state index in [1.807, 2.05) is 0 Å². The third-order valence-electron chi connectivity index (χ3n) is 2.10. The first kappa shape index (κ1) is 14.2. The molecule has 0 saturated carbocycles. The Labute approximate surface area is 92.9 Å². The number of carbonyl (C=O) groups excluding carboxylic acids is 1. The zero-order valence-corrected chi connectivity index (χ0v) is 9.92. The molecule has 0 bridgehead atoms. The van der Waals surface area contributed by atoms with E-state index in [1.54, 1.807) is 0 Å². The molecule has 0 unspecified atom stereocenters. The SMILES string of the molecule is C=CC(=O)NCOCCCCCC(C)C. The predicted molar refractivity (Wildman–Crippen MR) is 62.5 cm³/mol. The van der Waals surface area contributed by atoms with Crippen molar-refractivity contribution in [3.05, 3.63) is 12.7 Å². The standard InChI is InChI=1S/C12H23NO2/c1-4-12(14)13-10-15-9-7-5-6-8-11(2)3/h4,11H,1,5-10H2,2-3H3,(H,13,14). The second-order valence-corrected chi connectivity index (χ2v) is 4.04. The highest BCUT2D eigenvalue weighted by Gasteiger charge is 1.95. The maximum atomic E-state index is 10.7. The predicted octanol–water partition coefficient (Wildman–Crippen LogP) is 2.48. The maximum Gasteiger partial charge on any atom is 0.245 e. The van der Waals surface area contributed by atoms with E-state index in [4.69, 9.17) is 4.74 Å². The van der Waals surface area contributed by atoms with Crippen LogP contribution >= 0.6 is 0 Å². The Bertz CT molecular complexity index is 178. The number of carbonyl (C=O) groups is 1. The lowest BCUT2D eigenvalue weighted by Crippen LogP contribution is -2.24. The maximum absolute atomic E-state index is 10.7. The van der Waals surface area contributed by atoms with Gasteiger partial charge in [-0.15, -0.1) is 0 Å². The van der Waals surface area contributed by atoms with Crippen LogP contribution in [0.2, 0.25) is 0 Å². The Morgan fingerprint density at radius 2 is 2.13 bits per heavy atom. The van der Waals surface area contributed by atoms with Crippen LogP contribution < -0.4 is 5.32 Å². The van der Waals surface area contributed by atoms with E-state index in [0.717, 1.165) is 18.9 Å². The summed E-state index contributed by atoms with van der Waals surface area (Å²) in [5, 5.41) is 2.56. The van der Waals surface area contributed by atoms with Gasteiger partial charge in [0.25, 0.3) is 0 Å². The van der Waals surface area contributed by atoms with Crippen LogP contribution in [0.25, 0.3) is 0 Å². The first-order valence-corrected chi connectivity index (χ1v) is 5.64. The van der Waals surface area contributed by atoms with Crippen molar-refractivity contribution >= 4 is 5.91 Å². The van der Waals surface area contributed by atoms with E-state index in [1.165, 1.54) is 25.3 Å². The summed E-state index contributed by atoms with van der Waals surface area (Å²) in [6.45, 7) is 8.83. The van der Waals surface area contributed by atoms with E-state index in [2.05, 4.69) is 25.7 Å². The second kappa shape index (κ2) is 9.71. The summed E-state index contributed by atoms with van der Waals surface area (Å²) in [6.07, 6.45) is 6.06. The number of ether oxygens (including phenoxy) is 1. The van der Waals surface area contributed by atoms with Crippen LogP contribution in [0, 0.1) is 5.92 Å². The van der Waals surface area contributed by atoms with Crippen molar-refractivity contribution < 1.29 is 9.53 Å². The molecule has 1 N–H and O–H groups in total. The molecule has 0 saturated heterocycles. The van der Waals surface area contributed by atoms with Crippen LogP contribution in [0.4, 0.5) is 0 Å². The number of hydrogen-bond donors (Lipinski definition) is 1. The molecule has 3 heteroatoms. The molecule has 3 nitrogen and oxygen atoms in total. The fourth-order valence-electron chi connectivity index (χ4n) is 1.20. The van der Waals surface area contributed by atoms with Gasteiger partial charge in [-0.05, 0) is 18.4 Å². The fraction of sp³-hybridized carbons (Fsp3) is 0.750. The van der Waals surface area contributed by atoms with Crippen molar-refractivity contribution in [3.8, 4) is 0 Å². The van der Waals surface area contributed by atoms with E-state index in [-0.39, 0.29) is 12.6 Å². The van der Waals surface area contributed by atoms with Gasteiger partial charge in [0.15, 0.2) is 0 Å². The van der Waals surface area contributed by atoms with Crippen LogP contribution in [0.5, 0.6) is 0 Å². The molecule has 0 aliphatic carbocycles. The molecule has 0 radical (unpaired) electrons. The second-order valence-electron chi connectivity index (χ2n) is 4.04. The van der Waals surface area contributed by atoms with Crippen LogP contribution in [0.15, 0.2) is 12.7 Å². The molecule has 88 valence electrons. The summed E-state index contributed by atoms with van der Waals surface area (Å²) in [5.41, 5.74) is 0. The van der Waals surface area contributed by atoms with Crippen LogP contribution in [0.1, 0.15) is 39.5 Å². The summed E-state index contributed by atoms with van der Waals surface area (Å²) in [5.74, 6) is 0.604. The lowest BCUT2D eigenvalue weighted by atomic mass is 10.1. The molecular weight excluding hydrogens is 190 g/mol. The van der Waals surface area contributed by atoms with Gasteiger partial charge in [-0.25, -0.2) is 0 Å². The van der Waals surface area contributed by atoms with Gasteiger partial charge in [-0.2, -0.15) is 0 Å². The first-order chi connectivity index (χ1) is 7.16. The number of nitrogens with one attached hydrogen (secondary N) is 1. The van der Waals surface area contributed by atoms with Crippen molar-refractivity contribution in [3.63, 3.8) is 0 Å². The Morgan fingerprint density at radius 3 is 2.73 bits per heavy atom. The van der Waals surface area contributed by atoms with Gasteiger partial charge < -0.3 is 10.1 Å². The normalized spacial score (nSPS) is 10.3. The summed E-state index contributed by atoms with van der Waals surface area (Å²) in [4.78, 5) is 10.7. The van der Waals surface area contributed by atoms with E-state index in [0.29, 0.717) is 0 Å². The molecule has 0 aliphatic rings. The van der Waals surface area contributed by atoms with Crippen molar-refractivity contribution in [1.29, 1.82) is 0 Å². The summed E-state index contributed by atoms with van der Waals surface area (Å²) in [6, 6.07) is 0. The van der Waals surface area contributed by atoms with Gasteiger partial charge >= 0.3 is 0 Å². The minimum absolute atomic E-state index is 0.185. The number of hydrogen-bond acceptors (Lipinski definition) is 2. The van der Waals surface area contributed by atoms with Gasteiger partial charge in [0.05, 0.1) is 0 Å².